The van der Waals surface area contributed by atoms with Crippen molar-refractivity contribution in [3.05, 3.63) is 47.9 Å². The summed E-state index contributed by atoms with van der Waals surface area (Å²) < 4.78 is 60.9. The summed E-state index contributed by atoms with van der Waals surface area (Å²) in [6.45, 7) is 5.76. The van der Waals surface area contributed by atoms with Crippen LogP contribution in [0.15, 0.2) is 51.0 Å². The van der Waals surface area contributed by atoms with Crippen molar-refractivity contribution in [1.82, 2.24) is 14.9 Å². The second kappa shape index (κ2) is 7.28. The predicted octanol–water partition coefficient (Wildman–Crippen LogP) is 2.11. The first-order valence-corrected chi connectivity index (χ1v) is 11.2. The van der Waals surface area contributed by atoms with E-state index in [2.05, 4.69) is 19.7 Å². The van der Waals surface area contributed by atoms with E-state index in [1.807, 2.05) is 6.92 Å². The van der Waals surface area contributed by atoms with Crippen molar-refractivity contribution in [2.75, 3.05) is 9.44 Å². The number of nitrogens with zero attached hydrogens (tertiary/aromatic N) is 3. The number of hydrogen-bond donors (Lipinski definition) is 2. The number of benzene rings is 1. The van der Waals surface area contributed by atoms with Gasteiger partial charge in [-0.1, -0.05) is 5.16 Å². The van der Waals surface area contributed by atoms with Gasteiger partial charge in [0.15, 0.2) is 0 Å². The van der Waals surface area contributed by atoms with Crippen LogP contribution in [0.2, 0.25) is 0 Å². The highest BCUT2D eigenvalue weighted by atomic mass is 32.2. The fourth-order valence-electron chi connectivity index (χ4n) is 2.26. The maximum absolute atomic E-state index is 12.5. The van der Waals surface area contributed by atoms with Crippen LogP contribution in [0.5, 0.6) is 0 Å². The minimum Gasteiger partial charge on any atom is -0.337 e. The molecule has 2 heterocycles. The van der Waals surface area contributed by atoms with Crippen LogP contribution in [-0.2, 0) is 26.6 Å². The van der Waals surface area contributed by atoms with E-state index < -0.39 is 20.0 Å². The molecule has 28 heavy (non-hydrogen) atoms. The lowest BCUT2D eigenvalue weighted by Gasteiger charge is -2.09. The summed E-state index contributed by atoms with van der Waals surface area (Å²) in [5, 5.41) is 7.63. The van der Waals surface area contributed by atoms with Gasteiger partial charge < -0.3 is 4.52 Å². The van der Waals surface area contributed by atoms with Crippen LogP contribution in [0.4, 0.5) is 11.6 Å². The molecule has 0 saturated carbocycles. The van der Waals surface area contributed by atoms with Gasteiger partial charge in [-0.05, 0) is 45.0 Å². The van der Waals surface area contributed by atoms with E-state index in [0.29, 0.717) is 17.8 Å². The van der Waals surface area contributed by atoms with E-state index in [0.717, 1.165) is 0 Å². The highest BCUT2D eigenvalue weighted by Crippen LogP contribution is 2.23. The molecule has 0 amide bonds. The quantitative estimate of drug-likeness (QED) is 0.591. The first kappa shape index (κ1) is 19.9. The third-order valence-electron chi connectivity index (χ3n) is 4.04. The van der Waals surface area contributed by atoms with Gasteiger partial charge in [-0.2, -0.15) is 5.10 Å². The first-order valence-electron chi connectivity index (χ1n) is 8.23. The molecule has 3 rings (SSSR count). The van der Waals surface area contributed by atoms with Gasteiger partial charge in [0.2, 0.25) is 5.88 Å². The molecule has 0 unspecified atom stereocenters. The zero-order valence-electron chi connectivity index (χ0n) is 15.4. The zero-order valence-corrected chi connectivity index (χ0v) is 17.0. The smallest absolute Gasteiger partial charge is 0.265 e. The lowest BCUT2D eigenvalue weighted by atomic mass is 10.3. The van der Waals surface area contributed by atoms with Crippen molar-refractivity contribution >= 4 is 31.6 Å². The van der Waals surface area contributed by atoms with Crippen LogP contribution in [0, 0.1) is 13.8 Å². The molecule has 10 nitrogen and oxygen atoms in total. The minimum atomic E-state index is -3.91. The minimum absolute atomic E-state index is 0.0175. The largest absolute Gasteiger partial charge is 0.337 e. The predicted molar refractivity (Wildman–Crippen MR) is 102 cm³/mol. The van der Waals surface area contributed by atoms with Crippen molar-refractivity contribution in [1.29, 1.82) is 0 Å². The van der Waals surface area contributed by atoms with Gasteiger partial charge in [0, 0.05) is 24.0 Å². The molecule has 0 saturated heterocycles. The lowest BCUT2D eigenvalue weighted by molar-refractivity contribution is 0.430. The Bertz CT molecular complexity index is 1190. The van der Waals surface area contributed by atoms with E-state index in [9.17, 15) is 16.8 Å². The number of anilines is 2. The average molecular weight is 425 g/mol. The summed E-state index contributed by atoms with van der Waals surface area (Å²) in [4.78, 5) is -0.0356. The number of hydrogen-bond acceptors (Lipinski definition) is 7. The first-order chi connectivity index (χ1) is 13.1. The van der Waals surface area contributed by atoms with Gasteiger partial charge in [0.25, 0.3) is 20.0 Å². The van der Waals surface area contributed by atoms with Crippen LogP contribution in [0.25, 0.3) is 0 Å². The Morgan fingerprint density at radius 3 is 2.18 bits per heavy atom. The van der Waals surface area contributed by atoms with E-state index >= 15 is 0 Å². The molecule has 0 bridgehead atoms. The molecule has 0 radical (unpaired) electrons. The van der Waals surface area contributed by atoms with Crippen molar-refractivity contribution in [3.63, 3.8) is 0 Å². The molecular weight excluding hydrogens is 406 g/mol. The van der Waals surface area contributed by atoms with Crippen molar-refractivity contribution in [3.8, 4) is 0 Å². The Morgan fingerprint density at radius 1 is 1.00 bits per heavy atom. The summed E-state index contributed by atoms with van der Waals surface area (Å²) in [6.07, 6.45) is 2.66. The molecule has 1 aromatic carbocycles. The van der Waals surface area contributed by atoms with Gasteiger partial charge >= 0.3 is 0 Å². The molecule has 2 aromatic heterocycles. The van der Waals surface area contributed by atoms with Crippen molar-refractivity contribution in [2.24, 2.45) is 0 Å². The molecular formula is C16H19N5O5S2. The number of aromatic nitrogens is 3. The Kier molecular flexibility index (Phi) is 5.17. The van der Waals surface area contributed by atoms with E-state index in [1.54, 1.807) is 13.8 Å². The van der Waals surface area contributed by atoms with Crippen LogP contribution >= 0.6 is 0 Å². The van der Waals surface area contributed by atoms with Gasteiger partial charge in [0.1, 0.15) is 4.90 Å². The highest BCUT2D eigenvalue weighted by molar-refractivity contribution is 7.93. The Hall–Kier alpha value is -2.86. The lowest BCUT2D eigenvalue weighted by Crippen LogP contribution is -2.14. The number of aryl methyl sites for hydroxylation is 2. The molecule has 0 aliphatic rings. The SMILES string of the molecule is CCn1cc(S(=O)(=O)Nc2ccc(S(=O)(=O)Nc3onc(C)c3C)cc2)cn1. The third kappa shape index (κ3) is 4.02. The molecule has 3 aromatic rings. The standard InChI is InChI=1S/C16H19N5O5S2/c1-4-21-10-15(9-17-21)28(24,25)19-13-5-7-14(8-6-13)27(22,23)20-16-11(2)12(3)18-26-16/h5-10,19-20H,4H2,1-3H3. The molecule has 0 fully saturated rings. The van der Waals surface area contributed by atoms with E-state index in [1.165, 1.54) is 41.3 Å². The van der Waals surface area contributed by atoms with Crippen molar-refractivity contribution < 1.29 is 21.4 Å². The monoisotopic (exact) mass is 425 g/mol. The maximum Gasteiger partial charge on any atom is 0.265 e. The molecule has 150 valence electrons. The highest BCUT2D eigenvalue weighted by Gasteiger charge is 2.20. The van der Waals surface area contributed by atoms with Crippen molar-refractivity contribution in [2.45, 2.75) is 37.1 Å². The zero-order chi connectivity index (χ0) is 20.5. The summed E-state index contributed by atoms with van der Waals surface area (Å²) in [7, 11) is -7.73. The number of sulfonamides is 2. The molecule has 0 atom stereocenters. The summed E-state index contributed by atoms with van der Waals surface area (Å²) in [6, 6.07) is 5.28. The molecule has 0 aliphatic carbocycles. The van der Waals surface area contributed by atoms with Crippen LogP contribution in [0.3, 0.4) is 0 Å². The topological polar surface area (TPSA) is 136 Å². The van der Waals surface area contributed by atoms with Crippen LogP contribution in [-0.4, -0.2) is 31.8 Å². The van der Waals surface area contributed by atoms with Gasteiger partial charge in [-0.15, -0.1) is 0 Å². The average Bonchev–Trinajstić information content (AvgIpc) is 3.25. The normalized spacial score (nSPS) is 12.1. The fraction of sp³-hybridized carbons (Fsp3) is 0.250. The fourth-order valence-corrected chi connectivity index (χ4v) is 4.32. The molecule has 12 heteroatoms. The summed E-state index contributed by atoms with van der Waals surface area (Å²) >= 11 is 0. The number of rotatable bonds is 7. The number of nitrogens with one attached hydrogen (secondary N) is 2. The van der Waals surface area contributed by atoms with E-state index in [4.69, 9.17) is 4.52 Å². The van der Waals surface area contributed by atoms with E-state index in [-0.39, 0.29) is 21.4 Å². The Labute approximate surface area is 162 Å². The molecule has 2 N–H and O–H groups in total. The third-order valence-corrected chi connectivity index (χ3v) is 6.73. The van der Waals surface area contributed by atoms with Gasteiger partial charge in [-0.3, -0.25) is 9.40 Å². The van der Waals surface area contributed by atoms with Gasteiger partial charge in [-0.25, -0.2) is 21.6 Å². The van der Waals surface area contributed by atoms with Crippen LogP contribution < -0.4 is 9.44 Å². The Balaban J connectivity index is 1.78. The van der Waals surface area contributed by atoms with Crippen LogP contribution in [0.1, 0.15) is 18.2 Å². The second-order valence-electron chi connectivity index (χ2n) is 5.99. The van der Waals surface area contributed by atoms with Gasteiger partial charge in [0.05, 0.1) is 16.8 Å². The Morgan fingerprint density at radius 2 is 1.64 bits per heavy atom. The maximum atomic E-state index is 12.5. The molecule has 0 spiro atoms. The molecule has 0 aliphatic heterocycles. The summed E-state index contributed by atoms with van der Waals surface area (Å²) in [5.41, 5.74) is 1.38. The summed E-state index contributed by atoms with van der Waals surface area (Å²) in [5.74, 6) is 0.0372. The second-order valence-corrected chi connectivity index (χ2v) is 9.35.